The van der Waals surface area contributed by atoms with Gasteiger partial charge >= 0.3 is 122 Å². The molecule has 0 aliphatic carbocycles. The molecule has 0 aromatic heterocycles. The SMILES string of the molecule is O=S(=O)(C(F)(F)F)I(=O)(c1ccccc1)c1ccccc1. The molecule has 2 rings (SSSR count). The molecular weight excluding hydrogens is 420 g/mol. The van der Waals surface area contributed by atoms with Crippen LogP contribution in [0.15, 0.2) is 60.7 Å². The Kier molecular flexibility index (Phi) is 4.20. The van der Waals surface area contributed by atoms with E-state index in [4.69, 9.17) is 0 Å². The summed E-state index contributed by atoms with van der Waals surface area (Å²) in [5, 5.41) is 0. The normalized spacial score (nSPS) is 13.9. The summed E-state index contributed by atoms with van der Waals surface area (Å²) in [6, 6.07) is 13.1. The van der Waals surface area contributed by atoms with Gasteiger partial charge in [-0.15, -0.1) is 0 Å². The molecule has 3 nitrogen and oxygen atoms in total. The van der Waals surface area contributed by atoms with Gasteiger partial charge in [-0.3, -0.25) is 0 Å². The number of hydrogen-bond donors (Lipinski definition) is 0. The van der Waals surface area contributed by atoms with Gasteiger partial charge in [0.05, 0.1) is 0 Å². The molecule has 0 amide bonds. The van der Waals surface area contributed by atoms with Gasteiger partial charge < -0.3 is 0 Å². The first-order valence-electron chi connectivity index (χ1n) is 5.61. The van der Waals surface area contributed by atoms with Crippen LogP contribution >= 0.6 is 17.0 Å². The van der Waals surface area contributed by atoms with E-state index < -0.39 is 29.6 Å². The molecule has 8 heteroatoms. The quantitative estimate of drug-likeness (QED) is 0.547. The maximum absolute atomic E-state index is 13.0. The molecule has 0 heterocycles. The van der Waals surface area contributed by atoms with Gasteiger partial charge in [-0.2, -0.15) is 0 Å². The molecule has 0 aliphatic heterocycles. The van der Waals surface area contributed by atoms with E-state index in [1.54, 1.807) is 0 Å². The van der Waals surface area contributed by atoms with Crippen LogP contribution in [0.25, 0.3) is 0 Å². The molecule has 0 radical (unpaired) electrons. The molecule has 2 aromatic rings. The van der Waals surface area contributed by atoms with Gasteiger partial charge in [-0.25, -0.2) is 0 Å². The fraction of sp³-hybridized carbons (Fsp3) is 0.0769. The van der Waals surface area contributed by atoms with Crippen molar-refractivity contribution < 1.29 is 24.7 Å². The summed E-state index contributed by atoms with van der Waals surface area (Å²) in [5.74, 6) is 0. The molecule has 0 aliphatic rings. The van der Waals surface area contributed by atoms with E-state index in [1.165, 1.54) is 36.4 Å². The van der Waals surface area contributed by atoms with Crippen LogP contribution in [0.3, 0.4) is 0 Å². The van der Waals surface area contributed by atoms with Crippen LogP contribution in [-0.4, -0.2) is 13.9 Å². The Bertz CT molecular complexity index is 728. The van der Waals surface area contributed by atoms with Crippen molar-refractivity contribution in [1.82, 2.24) is 0 Å². The second kappa shape index (κ2) is 5.48. The number of alkyl halides is 3. The predicted octanol–water partition coefficient (Wildman–Crippen LogP) is 3.96. The molecule has 0 fully saturated rings. The van der Waals surface area contributed by atoms with Crippen molar-refractivity contribution in [3.05, 3.63) is 67.8 Å². The van der Waals surface area contributed by atoms with Gasteiger partial charge in [-0.05, 0) is 0 Å². The molecule has 0 saturated carbocycles. The Morgan fingerprint density at radius 1 is 0.762 bits per heavy atom. The van der Waals surface area contributed by atoms with Crippen molar-refractivity contribution in [2.24, 2.45) is 0 Å². The Labute approximate surface area is 122 Å². The third-order valence-electron chi connectivity index (χ3n) is 2.60. The third-order valence-corrected chi connectivity index (χ3v) is 17.2. The van der Waals surface area contributed by atoms with E-state index in [-0.39, 0.29) is 7.14 Å². The predicted molar refractivity (Wildman–Crippen MR) is 80.0 cm³/mol. The second-order valence-corrected chi connectivity index (χ2v) is 16.8. The van der Waals surface area contributed by atoms with Gasteiger partial charge in [0, 0.05) is 0 Å². The van der Waals surface area contributed by atoms with Gasteiger partial charge in [0.25, 0.3) is 0 Å². The summed E-state index contributed by atoms with van der Waals surface area (Å²) in [7, 11) is -5.82. The molecule has 21 heavy (non-hydrogen) atoms. The van der Waals surface area contributed by atoms with Crippen molar-refractivity contribution in [2.45, 2.75) is 5.51 Å². The van der Waals surface area contributed by atoms with Crippen molar-refractivity contribution in [1.29, 1.82) is 0 Å². The summed E-state index contributed by atoms with van der Waals surface area (Å²) in [6.07, 6.45) is 0. The first kappa shape index (κ1) is 16.1. The Morgan fingerprint density at radius 2 is 1.10 bits per heavy atom. The Hall–Kier alpha value is -1.29. The summed E-state index contributed by atoms with van der Waals surface area (Å²) < 4.78 is 75.2. The van der Waals surface area contributed by atoms with Gasteiger partial charge in [0.1, 0.15) is 0 Å². The molecule has 0 atom stereocenters. The number of benzene rings is 2. The molecule has 0 N–H and O–H groups in total. The molecule has 0 saturated heterocycles. The summed E-state index contributed by atoms with van der Waals surface area (Å²) in [6.45, 7) is 0. The minimum absolute atomic E-state index is 0.298. The first-order chi connectivity index (χ1) is 9.71. The summed E-state index contributed by atoms with van der Waals surface area (Å²) in [4.78, 5) is 0. The molecule has 114 valence electrons. The van der Waals surface area contributed by atoms with Crippen LogP contribution in [-0.2, 0) is 10.1 Å². The van der Waals surface area contributed by atoms with Gasteiger partial charge in [0.2, 0.25) is 0 Å². The Balaban J connectivity index is 2.84. The van der Waals surface area contributed by atoms with Gasteiger partial charge in [-0.1, -0.05) is 0 Å². The fourth-order valence-electron chi connectivity index (χ4n) is 1.64. The fourth-order valence-corrected chi connectivity index (χ4v) is 13.3. The third kappa shape index (κ3) is 2.61. The van der Waals surface area contributed by atoms with Gasteiger partial charge in [0.15, 0.2) is 0 Å². The number of rotatable bonds is 3. The molecule has 0 unspecified atom stereocenters. The molecular formula is C13H10F3IO3S. The van der Waals surface area contributed by atoms with Crippen LogP contribution in [0.4, 0.5) is 13.2 Å². The molecule has 2 aromatic carbocycles. The zero-order valence-corrected chi connectivity index (χ0v) is 13.4. The summed E-state index contributed by atoms with van der Waals surface area (Å²) >= 11 is -5.81. The first-order valence-corrected chi connectivity index (χ1v) is 12.7. The van der Waals surface area contributed by atoms with Crippen LogP contribution in [0, 0.1) is 7.14 Å². The topological polar surface area (TPSA) is 51.2 Å². The van der Waals surface area contributed by atoms with Crippen LogP contribution in [0.1, 0.15) is 0 Å². The number of hydrogen-bond acceptors (Lipinski definition) is 3. The molecule has 0 spiro atoms. The molecule has 0 bridgehead atoms. The van der Waals surface area contributed by atoms with E-state index in [9.17, 15) is 24.7 Å². The van der Waals surface area contributed by atoms with Crippen LogP contribution in [0.5, 0.6) is 0 Å². The maximum atomic E-state index is 13.0. The summed E-state index contributed by atoms with van der Waals surface area (Å²) in [5.41, 5.74) is -5.57. The van der Waals surface area contributed by atoms with Crippen molar-refractivity contribution >= 4 is 24.0 Å². The van der Waals surface area contributed by atoms with E-state index in [2.05, 4.69) is 0 Å². The van der Waals surface area contributed by atoms with E-state index >= 15 is 0 Å². The average molecular weight is 430 g/mol. The zero-order chi connectivity index (χ0) is 15.7. The zero-order valence-electron chi connectivity index (χ0n) is 10.4. The average Bonchev–Trinajstić information content (AvgIpc) is 2.47. The monoisotopic (exact) mass is 430 g/mol. The van der Waals surface area contributed by atoms with E-state index in [0.29, 0.717) is 0 Å². The number of halogens is 4. The van der Waals surface area contributed by atoms with Crippen LogP contribution < -0.4 is 0 Å². The van der Waals surface area contributed by atoms with Crippen LogP contribution in [0.2, 0.25) is 0 Å². The minimum atomic E-state index is -5.82. The van der Waals surface area contributed by atoms with E-state index in [1.807, 2.05) is 0 Å². The second-order valence-electron chi connectivity index (χ2n) is 3.94. The Morgan fingerprint density at radius 3 is 1.38 bits per heavy atom. The van der Waals surface area contributed by atoms with E-state index in [0.717, 1.165) is 24.3 Å². The standard InChI is InChI=1S/C13H10F3IO3S/c14-13(15,16)21(19,20)17(18,11-7-3-1-4-8-11)12-9-5-2-6-10-12/h1-10H. The van der Waals surface area contributed by atoms with Crippen molar-refractivity contribution in [3.8, 4) is 0 Å². The van der Waals surface area contributed by atoms with Crippen molar-refractivity contribution in [3.63, 3.8) is 0 Å². The van der Waals surface area contributed by atoms with Crippen molar-refractivity contribution in [2.75, 3.05) is 0 Å².